The Morgan fingerprint density at radius 2 is 1.67 bits per heavy atom. The third-order valence-corrected chi connectivity index (χ3v) is 8.29. The normalized spacial score (nSPS) is 26.7. The number of amides is 2. The zero-order valence-electron chi connectivity index (χ0n) is 19.6. The number of nitrogens with zero attached hydrogens (tertiary/aromatic N) is 4. The number of piperazine rings is 1. The van der Waals surface area contributed by atoms with Gasteiger partial charge in [0.1, 0.15) is 0 Å². The van der Waals surface area contributed by atoms with E-state index in [1.807, 2.05) is 43.0 Å². The monoisotopic (exact) mass is 447 g/mol. The molecule has 1 heterocycles. The van der Waals surface area contributed by atoms with E-state index < -0.39 is 28.1 Å². The second kappa shape index (κ2) is 8.37. The topological polar surface area (TPSA) is 114 Å². The summed E-state index contributed by atoms with van der Waals surface area (Å²) >= 11 is 0. The number of nitrogens with two attached hydrogens (primary N) is 1. The fourth-order valence-corrected chi connectivity index (χ4v) is 5.95. The smallest absolute Gasteiger partial charge is 0.226 e. The third-order valence-electron chi connectivity index (χ3n) is 8.29. The molecule has 7 heteroatoms. The summed E-state index contributed by atoms with van der Waals surface area (Å²) in [4.78, 5) is 30.5. The van der Waals surface area contributed by atoms with Crippen molar-refractivity contribution in [3.8, 4) is 12.1 Å². The van der Waals surface area contributed by atoms with Gasteiger partial charge in [-0.1, -0.05) is 25.0 Å². The Morgan fingerprint density at radius 3 is 2.18 bits per heavy atom. The number of hydrogen-bond acceptors (Lipinski definition) is 5. The first-order valence-corrected chi connectivity index (χ1v) is 12.0. The molecule has 2 unspecified atom stereocenters. The van der Waals surface area contributed by atoms with Crippen LogP contribution in [0.2, 0.25) is 0 Å². The zero-order chi connectivity index (χ0) is 23.9. The summed E-state index contributed by atoms with van der Waals surface area (Å²) in [6, 6.07) is 12.8. The van der Waals surface area contributed by atoms with Crippen LogP contribution in [-0.2, 0) is 15.0 Å². The summed E-state index contributed by atoms with van der Waals surface area (Å²) in [6.07, 6.45) is 4.20. The van der Waals surface area contributed by atoms with Gasteiger partial charge in [0, 0.05) is 31.9 Å². The molecule has 1 saturated heterocycles. The molecular weight excluding hydrogens is 414 g/mol. The minimum Gasteiger partial charge on any atom is -0.369 e. The summed E-state index contributed by atoms with van der Waals surface area (Å²) in [5.41, 5.74) is 5.66. The van der Waals surface area contributed by atoms with Crippen molar-refractivity contribution in [1.82, 2.24) is 4.90 Å². The molecule has 4 rings (SSSR count). The van der Waals surface area contributed by atoms with Crippen LogP contribution in [0.25, 0.3) is 0 Å². The molecule has 1 aromatic rings. The van der Waals surface area contributed by atoms with Crippen LogP contribution in [0.4, 0.5) is 5.69 Å². The predicted octanol–water partition coefficient (Wildman–Crippen LogP) is 3.10. The van der Waals surface area contributed by atoms with Crippen LogP contribution < -0.4 is 10.6 Å². The minimum absolute atomic E-state index is 0.0132. The lowest BCUT2D eigenvalue weighted by Gasteiger charge is -2.47. The molecule has 7 nitrogen and oxygen atoms in total. The van der Waals surface area contributed by atoms with Crippen LogP contribution >= 0.6 is 0 Å². The van der Waals surface area contributed by atoms with Gasteiger partial charge >= 0.3 is 0 Å². The van der Waals surface area contributed by atoms with Gasteiger partial charge in [-0.15, -0.1) is 0 Å². The van der Waals surface area contributed by atoms with E-state index in [0.717, 1.165) is 24.1 Å². The van der Waals surface area contributed by atoms with E-state index in [1.165, 1.54) is 0 Å². The molecule has 2 aliphatic carbocycles. The van der Waals surface area contributed by atoms with Crippen LogP contribution in [0.15, 0.2) is 24.3 Å². The molecule has 2 amide bonds. The lowest BCUT2D eigenvalue weighted by molar-refractivity contribution is -0.154. The van der Waals surface area contributed by atoms with E-state index in [1.54, 1.807) is 0 Å². The van der Waals surface area contributed by atoms with Gasteiger partial charge in [-0.3, -0.25) is 9.59 Å². The first-order valence-electron chi connectivity index (χ1n) is 12.0. The Morgan fingerprint density at radius 1 is 1.03 bits per heavy atom. The van der Waals surface area contributed by atoms with Crippen molar-refractivity contribution in [1.29, 1.82) is 10.5 Å². The SMILES string of the molecule is CC(C)(C#N)c1ccc(N2CCN(C(=O)C3CCCCC3(C(N)=O)C3(C#N)CC3)CC2)cc1. The second-order valence-electron chi connectivity index (χ2n) is 10.4. The number of anilines is 1. The average Bonchev–Trinajstić information content (AvgIpc) is 3.65. The van der Waals surface area contributed by atoms with Crippen molar-refractivity contribution in [3.05, 3.63) is 29.8 Å². The number of rotatable bonds is 5. The molecule has 1 aliphatic heterocycles. The lowest BCUT2D eigenvalue weighted by atomic mass is 9.57. The second-order valence-corrected chi connectivity index (χ2v) is 10.4. The van der Waals surface area contributed by atoms with Gasteiger partial charge in [0.25, 0.3) is 0 Å². The number of carbonyl (C=O) groups is 2. The standard InChI is InChI=1S/C26H33N5O2/c1-24(2,17-27)19-6-8-20(9-7-19)30-13-15-31(16-14-30)22(32)21-5-3-4-10-26(21,23(29)33)25(18-28)11-12-25/h6-9,21H,3-5,10-16H2,1-2H3,(H2,29,33). The summed E-state index contributed by atoms with van der Waals surface area (Å²) < 4.78 is 0. The van der Waals surface area contributed by atoms with E-state index in [0.29, 0.717) is 51.9 Å². The Kier molecular flexibility index (Phi) is 5.86. The molecule has 1 aromatic carbocycles. The maximum atomic E-state index is 13.7. The van der Waals surface area contributed by atoms with Gasteiger partial charge < -0.3 is 15.5 Å². The van der Waals surface area contributed by atoms with E-state index in [4.69, 9.17) is 5.73 Å². The summed E-state index contributed by atoms with van der Waals surface area (Å²) in [5.74, 6) is -0.982. The van der Waals surface area contributed by atoms with Gasteiger partial charge in [0.2, 0.25) is 11.8 Å². The van der Waals surface area contributed by atoms with Crippen LogP contribution in [0.5, 0.6) is 0 Å². The Balaban J connectivity index is 1.46. The molecule has 33 heavy (non-hydrogen) atoms. The maximum Gasteiger partial charge on any atom is 0.226 e. The summed E-state index contributed by atoms with van der Waals surface area (Å²) in [5, 5.41) is 19.2. The third kappa shape index (κ3) is 3.74. The van der Waals surface area contributed by atoms with Crippen LogP contribution in [0.3, 0.4) is 0 Å². The van der Waals surface area contributed by atoms with Crippen LogP contribution in [0.1, 0.15) is 57.9 Å². The quantitative estimate of drug-likeness (QED) is 0.745. The van der Waals surface area contributed by atoms with Crippen molar-refractivity contribution in [3.63, 3.8) is 0 Å². The van der Waals surface area contributed by atoms with Gasteiger partial charge in [-0.25, -0.2) is 0 Å². The summed E-state index contributed by atoms with van der Waals surface area (Å²) in [7, 11) is 0. The molecule has 3 aliphatic rings. The van der Waals surface area contributed by atoms with Crippen LogP contribution in [-0.4, -0.2) is 42.9 Å². The van der Waals surface area contributed by atoms with E-state index in [9.17, 15) is 20.1 Å². The molecule has 174 valence electrons. The molecule has 0 radical (unpaired) electrons. The molecule has 2 atom stereocenters. The van der Waals surface area contributed by atoms with Gasteiger partial charge in [-0.05, 0) is 57.2 Å². The Labute approximate surface area is 196 Å². The largest absolute Gasteiger partial charge is 0.369 e. The number of nitriles is 2. The fraction of sp³-hybridized carbons (Fsp3) is 0.615. The molecule has 2 N–H and O–H groups in total. The van der Waals surface area contributed by atoms with Crippen molar-refractivity contribution in [2.24, 2.45) is 22.5 Å². The molecule has 0 aromatic heterocycles. The average molecular weight is 448 g/mol. The van der Waals surface area contributed by atoms with E-state index >= 15 is 0 Å². The van der Waals surface area contributed by atoms with Crippen molar-refractivity contribution >= 4 is 17.5 Å². The van der Waals surface area contributed by atoms with Crippen molar-refractivity contribution in [2.75, 3.05) is 31.1 Å². The molecule has 0 spiro atoms. The molecule has 2 saturated carbocycles. The van der Waals surface area contributed by atoms with Crippen molar-refractivity contribution in [2.45, 2.75) is 57.8 Å². The van der Waals surface area contributed by atoms with E-state index in [2.05, 4.69) is 17.0 Å². The Hall–Kier alpha value is -3.06. The maximum absolute atomic E-state index is 13.7. The molecular formula is C26H33N5O2. The zero-order valence-corrected chi connectivity index (χ0v) is 19.6. The van der Waals surface area contributed by atoms with Gasteiger partial charge in [0.05, 0.1) is 34.3 Å². The molecule has 0 bridgehead atoms. The number of primary amides is 1. The van der Waals surface area contributed by atoms with Crippen molar-refractivity contribution < 1.29 is 9.59 Å². The summed E-state index contributed by atoms with van der Waals surface area (Å²) in [6.45, 7) is 6.37. The lowest BCUT2D eigenvalue weighted by Crippen LogP contribution is -2.58. The first-order chi connectivity index (χ1) is 15.7. The van der Waals surface area contributed by atoms with Gasteiger partial charge in [0.15, 0.2) is 0 Å². The number of hydrogen-bond donors (Lipinski definition) is 1. The predicted molar refractivity (Wildman–Crippen MR) is 125 cm³/mol. The number of benzene rings is 1. The highest BCUT2D eigenvalue weighted by atomic mass is 16.2. The van der Waals surface area contributed by atoms with E-state index in [-0.39, 0.29) is 5.91 Å². The molecule has 3 fully saturated rings. The highest BCUT2D eigenvalue weighted by Gasteiger charge is 2.68. The minimum atomic E-state index is -1.03. The fourth-order valence-electron chi connectivity index (χ4n) is 5.95. The highest BCUT2D eigenvalue weighted by Crippen LogP contribution is 2.65. The first kappa shape index (κ1) is 23.1. The van der Waals surface area contributed by atoms with Gasteiger partial charge in [-0.2, -0.15) is 10.5 Å². The Bertz CT molecular complexity index is 1010. The van der Waals surface area contributed by atoms with Crippen LogP contribution in [0, 0.1) is 39.4 Å². The highest BCUT2D eigenvalue weighted by molar-refractivity contribution is 5.92. The number of carbonyl (C=O) groups excluding carboxylic acids is 2.